The topological polar surface area (TPSA) is 37.8 Å². The summed E-state index contributed by atoms with van der Waals surface area (Å²) in [7, 11) is 0. The van der Waals surface area contributed by atoms with Crippen molar-refractivity contribution in [3.05, 3.63) is 23.8 Å². The molecule has 2 rings (SSSR count). The second kappa shape index (κ2) is 6.99. The molecule has 1 aromatic heterocycles. The molecular formula is C10H17Cl2N3. The maximum atomic E-state index is 4.46. The Morgan fingerprint density at radius 3 is 2.53 bits per heavy atom. The minimum absolute atomic E-state index is 0. The van der Waals surface area contributed by atoms with E-state index in [1.807, 2.05) is 19.2 Å². The highest BCUT2D eigenvalue weighted by Gasteiger charge is 2.15. The van der Waals surface area contributed by atoms with Crippen LogP contribution in [0.25, 0.3) is 0 Å². The van der Waals surface area contributed by atoms with Crippen molar-refractivity contribution in [2.45, 2.75) is 25.7 Å². The maximum absolute atomic E-state index is 4.46. The highest BCUT2D eigenvalue weighted by molar-refractivity contribution is 5.85. The second-order valence-electron chi connectivity index (χ2n) is 3.55. The molecule has 0 bridgehead atoms. The molecule has 15 heavy (non-hydrogen) atoms. The van der Waals surface area contributed by atoms with Gasteiger partial charge in [0, 0.05) is 17.8 Å². The summed E-state index contributed by atoms with van der Waals surface area (Å²) in [6.45, 7) is 4.19. The number of piperidine rings is 1. The van der Waals surface area contributed by atoms with Crippen molar-refractivity contribution in [3.63, 3.8) is 0 Å². The van der Waals surface area contributed by atoms with Crippen LogP contribution in [0.5, 0.6) is 0 Å². The number of aryl methyl sites for hydroxylation is 1. The number of rotatable bonds is 1. The molecule has 0 aromatic carbocycles. The molecule has 0 unspecified atom stereocenters. The van der Waals surface area contributed by atoms with E-state index in [1.54, 1.807) is 0 Å². The monoisotopic (exact) mass is 249 g/mol. The molecule has 0 spiro atoms. The highest BCUT2D eigenvalue weighted by atomic mass is 35.5. The Labute approximate surface area is 103 Å². The quantitative estimate of drug-likeness (QED) is 0.829. The van der Waals surface area contributed by atoms with Gasteiger partial charge in [-0.15, -0.1) is 24.8 Å². The molecule has 1 N–H and O–H groups in total. The second-order valence-corrected chi connectivity index (χ2v) is 3.55. The molecular weight excluding hydrogens is 233 g/mol. The third-order valence-corrected chi connectivity index (χ3v) is 2.55. The lowest BCUT2D eigenvalue weighted by atomic mass is 9.94. The lowest BCUT2D eigenvalue weighted by molar-refractivity contribution is 0.452. The maximum Gasteiger partial charge on any atom is 0.125 e. The zero-order valence-electron chi connectivity index (χ0n) is 8.77. The Kier molecular flexibility index (Phi) is 6.81. The van der Waals surface area contributed by atoms with Gasteiger partial charge >= 0.3 is 0 Å². The molecule has 5 heteroatoms. The third kappa shape index (κ3) is 3.93. The van der Waals surface area contributed by atoms with E-state index in [1.165, 1.54) is 18.5 Å². The van der Waals surface area contributed by atoms with Gasteiger partial charge in [-0.3, -0.25) is 0 Å². The SMILES string of the molecule is Cc1nccc(C2CCNCC2)n1.Cl.Cl. The smallest absolute Gasteiger partial charge is 0.125 e. The van der Waals surface area contributed by atoms with Gasteiger partial charge in [0.15, 0.2) is 0 Å². The molecule has 1 aliphatic rings. The first kappa shape index (κ1) is 14.6. The lowest BCUT2D eigenvalue weighted by Crippen LogP contribution is -2.27. The van der Waals surface area contributed by atoms with E-state index in [-0.39, 0.29) is 24.8 Å². The van der Waals surface area contributed by atoms with Crippen molar-refractivity contribution in [1.29, 1.82) is 0 Å². The number of halogens is 2. The summed E-state index contributed by atoms with van der Waals surface area (Å²) in [5, 5.41) is 3.36. The largest absolute Gasteiger partial charge is 0.317 e. The van der Waals surface area contributed by atoms with Crippen LogP contribution in [-0.2, 0) is 0 Å². The van der Waals surface area contributed by atoms with E-state index in [0.29, 0.717) is 5.92 Å². The van der Waals surface area contributed by atoms with Crippen LogP contribution in [0.3, 0.4) is 0 Å². The fraction of sp³-hybridized carbons (Fsp3) is 0.600. The molecule has 3 nitrogen and oxygen atoms in total. The number of nitrogens with one attached hydrogen (secondary N) is 1. The standard InChI is InChI=1S/C10H15N3.2ClH/c1-8-12-7-4-10(13-8)9-2-5-11-6-3-9;;/h4,7,9,11H,2-3,5-6H2,1H3;2*1H. The highest BCUT2D eigenvalue weighted by Crippen LogP contribution is 2.22. The van der Waals surface area contributed by atoms with Crippen molar-refractivity contribution in [1.82, 2.24) is 15.3 Å². The molecule has 0 saturated carbocycles. The van der Waals surface area contributed by atoms with Crippen LogP contribution in [0.1, 0.15) is 30.3 Å². The summed E-state index contributed by atoms with van der Waals surface area (Å²) < 4.78 is 0. The summed E-state index contributed by atoms with van der Waals surface area (Å²) in [5.41, 5.74) is 1.22. The Hall–Kier alpha value is -0.380. The molecule has 1 fully saturated rings. The predicted octanol–water partition coefficient (Wildman–Crippen LogP) is 2.10. The summed E-state index contributed by atoms with van der Waals surface area (Å²) in [5.74, 6) is 1.53. The van der Waals surface area contributed by atoms with Crippen LogP contribution in [-0.4, -0.2) is 23.1 Å². The van der Waals surface area contributed by atoms with Gasteiger partial charge < -0.3 is 5.32 Å². The van der Waals surface area contributed by atoms with Crippen molar-refractivity contribution >= 4 is 24.8 Å². The fourth-order valence-corrected chi connectivity index (χ4v) is 1.82. The Bertz CT molecular complexity index is 288. The van der Waals surface area contributed by atoms with Crippen LogP contribution in [0.2, 0.25) is 0 Å². The number of nitrogens with zero attached hydrogens (tertiary/aromatic N) is 2. The van der Waals surface area contributed by atoms with Crippen LogP contribution in [0.4, 0.5) is 0 Å². The average Bonchev–Trinajstić information content (AvgIpc) is 2.19. The number of hydrogen-bond acceptors (Lipinski definition) is 3. The van der Waals surface area contributed by atoms with Crippen molar-refractivity contribution in [2.75, 3.05) is 13.1 Å². The van der Waals surface area contributed by atoms with Crippen molar-refractivity contribution < 1.29 is 0 Å². The molecule has 1 aromatic rings. The predicted molar refractivity (Wildman–Crippen MR) is 66.1 cm³/mol. The zero-order valence-corrected chi connectivity index (χ0v) is 10.4. The van der Waals surface area contributed by atoms with E-state index in [9.17, 15) is 0 Å². The number of aromatic nitrogens is 2. The molecule has 2 heterocycles. The van der Waals surface area contributed by atoms with Crippen LogP contribution < -0.4 is 5.32 Å². The first-order valence-electron chi connectivity index (χ1n) is 4.86. The van der Waals surface area contributed by atoms with E-state index < -0.39 is 0 Å². The van der Waals surface area contributed by atoms with Crippen molar-refractivity contribution in [2.24, 2.45) is 0 Å². The molecule has 0 aliphatic carbocycles. The fourth-order valence-electron chi connectivity index (χ4n) is 1.82. The van der Waals surface area contributed by atoms with Gasteiger partial charge in [0.1, 0.15) is 5.82 Å². The van der Waals surface area contributed by atoms with Crippen LogP contribution in [0.15, 0.2) is 12.3 Å². The van der Waals surface area contributed by atoms with Gasteiger partial charge in [0.05, 0.1) is 0 Å². The Morgan fingerprint density at radius 2 is 1.93 bits per heavy atom. The number of hydrogen-bond donors (Lipinski definition) is 1. The summed E-state index contributed by atoms with van der Waals surface area (Å²) in [6, 6.07) is 2.04. The Balaban J connectivity index is 0.000000980. The first-order valence-corrected chi connectivity index (χ1v) is 4.86. The molecule has 1 aliphatic heterocycles. The van der Waals surface area contributed by atoms with Crippen LogP contribution in [0, 0.1) is 6.92 Å². The van der Waals surface area contributed by atoms with E-state index in [2.05, 4.69) is 15.3 Å². The first-order chi connectivity index (χ1) is 6.36. The molecule has 0 atom stereocenters. The van der Waals surface area contributed by atoms with Crippen LogP contribution >= 0.6 is 24.8 Å². The van der Waals surface area contributed by atoms with E-state index in [0.717, 1.165) is 18.9 Å². The molecule has 0 radical (unpaired) electrons. The van der Waals surface area contributed by atoms with Gasteiger partial charge in [0.2, 0.25) is 0 Å². The molecule has 1 saturated heterocycles. The van der Waals surface area contributed by atoms with Crippen molar-refractivity contribution in [3.8, 4) is 0 Å². The summed E-state index contributed by atoms with van der Waals surface area (Å²) in [4.78, 5) is 8.57. The average molecular weight is 250 g/mol. The van der Waals surface area contributed by atoms with E-state index >= 15 is 0 Å². The van der Waals surface area contributed by atoms with Gasteiger partial charge in [-0.1, -0.05) is 0 Å². The van der Waals surface area contributed by atoms with E-state index in [4.69, 9.17) is 0 Å². The van der Waals surface area contributed by atoms with Gasteiger partial charge in [-0.25, -0.2) is 9.97 Å². The van der Waals surface area contributed by atoms with Gasteiger partial charge in [-0.2, -0.15) is 0 Å². The normalized spacial score (nSPS) is 16.3. The molecule has 86 valence electrons. The molecule has 0 amide bonds. The third-order valence-electron chi connectivity index (χ3n) is 2.55. The summed E-state index contributed by atoms with van der Waals surface area (Å²) in [6.07, 6.45) is 4.27. The zero-order chi connectivity index (χ0) is 9.10. The minimum atomic E-state index is 0. The lowest BCUT2D eigenvalue weighted by Gasteiger charge is -2.21. The Morgan fingerprint density at radius 1 is 1.27 bits per heavy atom. The minimum Gasteiger partial charge on any atom is -0.317 e. The van der Waals surface area contributed by atoms with Gasteiger partial charge in [-0.05, 0) is 38.9 Å². The van der Waals surface area contributed by atoms with Gasteiger partial charge in [0.25, 0.3) is 0 Å². The summed E-state index contributed by atoms with van der Waals surface area (Å²) >= 11 is 0.